The molecule has 8 nitrogen and oxygen atoms in total. The number of amides is 1. The molecule has 1 heterocycles. The molecule has 0 bridgehead atoms. The Labute approximate surface area is 171 Å². The van der Waals surface area contributed by atoms with Gasteiger partial charge in [-0.1, -0.05) is 6.07 Å². The van der Waals surface area contributed by atoms with Gasteiger partial charge in [0.25, 0.3) is 5.91 Å². The molecule has 1 fully saturated rings. The van der Waals surface area contributed by atoms with Gasteiger partial charge in [-0.05, 0) is 36.4 Å². The van der Waals surface area contributed by atoms with E-state index in [1.807, 2.05) is 25.1 Å². The van der Waals surface area contributed by atoms with Crippen LogP contribution in [-0.2, 0) is 14.8 Å². The summed E-state index contributed by atoms with van der Waals surface area (Å²) in [5.74, 6) is -0.0994. The highest BCUT2D eigenvalue weighted by molar-refractivity contribution is 7.89. The maximum absolute atomic E-state index is 13.1. The van der Waals surface area contributed by atoms with E-state index < -0.39 is 10.0 Å². The van der Waals surface area contributed by atoms with Crippen molar-refractivity contribution in [1.82, 2.24) is 4.31 Å². The fourth-order valence-electron chi connectivity index (χ4n) is 3.01. The number of nitrogens with one attached hydrogen (secondary N) is 1. The number of benzene rings is 2. The highest BCUT2D eigenvalue weighted by atomic mass is 32.2. The van der Waals surface area contributed by atoms with Crippen molar-refractivity contribution >= 4 is 27.3 Å². The molecule has 0 spiro atoms. The lowest BCUT2D eigenvalue weighted by Crippen LogP contribution is -2.40. The monoisotopic (exact) mass is 419 g/mol. The number of methoxy groups -OCH3 is 1. The van der Waals surface area contributed by atoms with Gasteiger partial charge in [0.2, 0.25) is 10.0 Å². The molecule has 0 aromatic heterocycles. The molecule has 0 aliphatic carbocycles. The minimum absolute atomic E-state index is 0.0155. The van der Waals surface area contributed by atoms with E-state index in [4.69, 9.17) is 9.47 Å². The molecular formula is C20H25N3O5S. The first-order chi connectivity index (χ1) is 13.8. The Morgan fingerprint density at radius 3 is 2.52 bits per heavy atom. The summed E-state index contributed by atoms with van der Waals surface area (Å²) in [5.41, 5.74) is 1.74. The fraction of sp³-hybridized carbons (Fsp3) is 0.350. The predicted molar refractivity (Wildman–Crippen MR) is 111 cm³/mol. The van der Waals surface area contributed by atoms with E-state index in [-0.39, 0.29) is 29.6 Å². The summed E-state index contributed by atoms with van der Waals surface area (Å²) >= 11 is 0. The first-order valence-corrected chi connectivity index (χ1v) is 10.6. The van der Waals surface area contributed by atoms with Crippen molar-refractivity contribution in [2.75, 3.05) is 57.7 Å². The van der Waals surface area contributed by atoms with Crippen LogP contribution in [0.15, 0.2) is 47.4 Å². The fourth-order valence-corrected chi connectivity index (χ4v) is 4.60. The third-order valence-electron chi connectivity index (χ3n) is 4.63. The molecule has 156 valence electrons. The standard InChI is InChI=1S/C20H25N3O5S/c1-22(2)17-6-4-5-15(13-17)20(24)21-16-7-8-18(27-3)19(14-16)29(25,26)23-9-11-28-12-10-23/h4-8,13-14H,9-12H2,1-3H3,(H,21,24). The molecule has 0 unspecified atom stereocenters. The second-order valence-corrected chi connectivity index (χ2v) is 8.69. The van der Waals surface area contributed by atoms with Crippen LogP contribution in [0.25, 0.3) is 0 Å². The van der Waals surface area contributed by atoms with Gasteiger partial charge in [0, 0.05) is 44.1 Å². The molecule has 0 atom stereocenters. The molecular weight excluding hydrogens is 394 g/mol. The van der Waals surface area contributed by atoms with E-state index in [0.717, 1.165) is 5.69 Å². The Morgan fingerprint density at radius 1 is 1.14 bits per heavy atom. The smallest absolute Gasteiger partial charge is 0.255 e. The lowest BCUT2D eigenvalue weighted by atomic mass is 10.1. The Bertz CT molecular complexity index is 985. The Hall–Kier alpha value is -2.62. The van der Waals surface area contributed by atoms with E-state index in [0.29, 0.717) is 24.5 Å². The number of nitrogens with zero attached hydrogens (tertiary/aromatic N) is 2. The summed E-state index contributed by atoms with van der Waals surface area (Å²) in [4.78, 5) is 14.6. The predicted octanol–water partition coefficient (Wildman–Crippen LogP) is 2.03. The second kappa shape index (κ2) is 8.81. The highest BCUT2D eigenvalue weighted by Crippen LogP contribution is 2.30. The highest BCUT2D eigenvalue weighted by Gasteiger charge is 2.29. The van der Waals surface area contributed by atoms with E-state index in [2.05, 4.69) is 5.32 Å². The second-order valence-electron chi connectivity index (χ2n) is 6.78. The molecule has 29 heavy (non-hydrogen) atoms. The van der Waals surface area contributed by atoms with Crippen LogP contribution in [0.1, 0.15) is 10.4 Å². The van der Waals surface area contributed by atoms with Crippen molar-refractivity contribution in [3.63, 3.8) is 0 Å². The van der Waals surface area contributed by atoms with Gasteiger partial charge in [-0.2, -0.15) is 4.31 Å². The van der Waals surface area contributed by atoms with Crippen LogP contribution in [0, 0.1) is 0 Å². The first kappa shape index (κ1) is 21.1. The van der Waals surface area contributed by atoms with Crippen LogP contribution in [0.5, 0.6) is 5.75 Å². The van der Waals surface area contributed by atoms with Gasteiger partial charge in [-0.3, -0.25) is 4.79 Å². The van der Waals surface area contributed by atoms with Gasteiger partial charge < -0.3 is 19.7 Å². The van der Waals surface area contributed by atoms with Crippen molar-refractivity contribution in [3.05, 3.63) is 48.0 Å². The Kier molecular flexibility index (Phi) is 6.41. The van der Waals surface area contributed by atoms with Crippen molar-refractivity contribution in [2.24, 2.45) is 0 Å². The maximum atomic E-state index is 13.1. The Balaban J connectivity index is 1.88. The van der Waals surface area contributed by atoms with Crippen molar-refractivity contribution in [2.45, 2.75) is 4.90 Å². The average molecular weight is 420 g/mol. The molecule has 0 radical (unpaired) electrons. The topological polar surface area (TPSA) is 88.2 Å². The number of ether oxygens (including phenoxy) is 2. The van der Waals surface area contributed by atoms with Gasteiger partial charge in [-0.25, -0.2) is 8.42 Å². The molecule has 3 rings (SSSR count). The van der Waals surface area contributed by atoms with Crippen LogP contribution in [-0.4, -0.2) is 66.1 Å². The minimum Gasteiger partial charge on any atom is -0.495 e. The summed E-state index contributed by atoms with van der Waals surface area (Å²) < 4.78 is 38.0. The van der Waals surface area contributed by atoms with Crippen molar-refractivity contribution < 1.29 is 22.7 Å². The van der Waals surface area contributed by atoms with Crippen molar-refractivity contribution in [1.29, 1.82) is 0 Å². The minimum atomic E-state index is -3.78. The molecule has 9 heteroatoms. The van der Waals surface area contributed by atoms with Gasteiger partial charge >= 0.3 is 0 Å². The molecule has 0 saturated carbocycles. The Morgan fingerprint density at radius 2 is 1.86 bits per heavy atom. The third kappa shape index (κ3) is 4.69. The van der Waals surface area contributed by atoms with E-state index in [9.17, 15) is 13.2 Å². The van der Waals surface area contributed by atoms with Gasteiger partial charge in [0.05, 0.1) is 20.3 Å². The lowest BCUT2D eigenvalue weighted by molar-refractivity contribution is 0.0729. The summed E-state index contributed by atoms with van der Waals surface area (Å²) in [5, 5.41) is 2.77. The lowest BCUT2D eigenvalue weighted by Gasteiger charge is -2.26. The number of anilines is 2. The molecule has 1 amide bonds. The normalized spacial score (nSPS) is 15.0. The summed E-state index contributed by atoms with van der Waals surface area (Å²) in [6.45, 7) is 1.25. The number of hydrogen-bond acceptors (Lipinski definition) is 6. The van der Waals surface area contributed by atoms with Crippen LogP contribution in [0.4, 0.5) is 11.4 Å². The van der Waals surface area contributed by atoms with Gasteiger partial charge in [-0.15, -0.1) is 0 Å². The van der Waals surface area contributed by atoms with Crippen molar-refractivity contribution in [3.8, 4) is 5.75 Å². The zero-order valence-corrected chi connectivity index (χ0v) is 17.5. The van der Waals surface area contributed by atoms with Crippen LogP contribution in [0.2, 0.25) is 0 Å². The van der Waals surface area contributed by atoms with E-state index in [1.54, 1.807) is 30.3 Å². The van der Waals surface area contributed by atoms with Crippen LogP contribution in [0.3, 0.4) is 0 Å². The number of carbonyl (C=O) groups is 1. The summed E-state index contributed by atoms with van der Waals surface area (Å²) in [6, 6.07) is 11.8. The molecule has 1 aliphatic heterocycles. The molecule has 2 aromatic carbocycles. The maximum Gasteiger partial charge on any atom is 0.255 e. The van der Waals surface area contributed by atoms with E-state index >= 15 is 0 Å². The molecule has 1 N–H and O–H groups in total. The quantitative estimate of drug-likeness (QED) is 0.771. The largest absolute Gasteiger partial charge is 0.495 e. The molecule has 1 saturated heterocycles. The van der Waals surface area contributed by atoms with Gasteiger partial charge in [0.15, 0.2) is 0 Å². The summed E-state index contributed by atoms with van der Waals surface area (Å²) in [7, 11) is 1.42. The first-order valence-electron chi connectivity index (χ1n) is 9.17. The average Bonchev–Trinajstić information content (AvgIpc) is 2.74. The molecule has 1 aliphatic rings. The SMILES string of the molecule is COc1ccc(NC(=O)c2cccc(N(C)C)c2)cc1S(=O)(=O)N1CCOCC1. The number of hydrogen-bond donors (Lipinski definition) is 1. The number of rotatable bonds is 6. The number of morpholine rings is 1. The number of sulfonamides is 1. The number of carbonyl (C=O) groups excluding carboxylic acids is 1. The van der Waals surface area contributed by atoms with Gasteiger partial charge in [0.1, 0.15) is 10.6 Å². The van der Waals surface area contributed by atoms with Crippen LogP contribution >= 0.6 is 0 Å². The zero-order chi connectivity index (χ0) is 21.0. The van der Waals surface area contributed by atoms with Crippen LogP contribution < -0.4 is 15.0 Å². The molecule has 2 aromatic rings. The zero-order valence-electron chi connectivity index (χ0n) is 16.7. The van der Waals surface area contributed by atoms with E-state index in [1.165, 1.54) is 17.5 Å². The summed E-state index contributed by atoms with van der Waals surface area (Å²) in [6.07, 6.45) is 0. The third-order valence-corrected chi connectivity index (χ3v) is 6.55.